The topological polar surface area (TPSA) is 111 Å². The van der Waals surface area contributed by atoms with Gasteiger partial charge in [0.2, 0.25) is 5.91 Å². The van der Waals surface area contributed by atoms with Gasteiger partial charge in [-0.15, -0.1) is 0 Å². The number of anilines is 1. The summed E-state index contributed by atoms with van der Waals surface area (Å²) < 4.78 is 10.4. The van der Waals surface area contributed by atoms with Crippen molar-refractivity contribution in [1.82, 2.24) is 4.90 Å². The number of rotatable bonds is 6. The quantitative estimate of drug-likeness (QED) is 0.652. The number of hydrogen-bond donors (Lipinski definition) is 2. The predicted octanol–water partition coefficient (Wildman–Crippen LogP) is 3.35. The van der Waals surface area contributed by atoms with Gasteiger partial charge < -0.3 is 20.5 Å². The fourth-order valence-corrected chi connectivity index (χ4v) is 4.72. The van der Waals surface area contributed by atoms with Crippen LogP contribution < -0.4 is 11.1 Å². The summed E-state index contributed by atoms with van der Waals surface area (Å²) in [6.45, 7) is 5.50. The normalized spacial score (nSPS) is 21.2. The van der Waals surface area contributed by atoms with Crippen LogP contribution in [0.3, 0.4) is 0 Å². The standard InChI is InChI=1S/C24H33N3O5/c1-24(2,3)32-23(30)27-12-15-11-16(9-10-17(15)20(27)22(29)31-4)26-21(28)19(25)18(13-5-6-13)14-7-8-14/h9-11,13-14,18-20H,5-8,12,25H2,1-4H3,(H,26,28)/t19-,20?/m0/s1. The molecule has 2 amide bonds. The van der Waals surface area contributed by atoms with Gasteiger partial charge in [0, 0.05) is 5.69 Å². The van der Waals surface area contributed by atoms with E-state index in [1.807, 2.05) is 0 Å². The zero-order valence-corrected chi connectivity index (χ0v) is 19.2. The summed E-state index contributed by atoms with van der Waals surface area (Å²) in [4.78, 5) is 39.4. The smallest absolute Gasteiger partial charge is 0.411 e. The lowest BCUT2D eigenvalue weighted by atomic mass is 9.89. The highest BCUT2D eigenvalue weighted by atomic mass is 16.6. The number of benzene rings is 1. The Hall–Kier alpha value is -2.61. The zero-order valence-electron chi connectivity index (χ0n) is 19.2. The lowest BCUT2D eigenvalue weighted by Gasteiger charge is -2.27. The molecule has 3 aliphatic rings. The van der Waals surface area contributed by atoms with Gasteiger partial charge in [-0.05, 0) is 87.5 Å². The Morgan fingerprint density at radius 3 is 2.28 bits per heavy atom. The van der Waals surface area contributed by atoms with Crippen molar-refractivity contribution in [2.45, 2.75) is 70.7 Å². The number of esters is 1. The molecule has 8 nitrogen and oxygen atoms in total. The van der Waals surface area contributed by atoms with Gasteiger partial charge in [0.1, 0.15) is 5.60 Å². The molecule has 1 aromatic rings. The molecule has 1 aliphatic heterocycles. The molecule has 0 aromatic heterocycles. The van der Waals surface area contributed by atoms with Gasteiger partial charge in [-0.1, -0.05) is 6.07 Å². The summed E-state index contributed by atoms with van der Waals surface area (Å²) >= 11 is 0. The second-order valence-corrected chi connectivity index (χ2v) is 10.2. The average molecular weight is 444 g/mol. The largest absolute Gasteiger partial charge is 0.467 e. The van der Waals surface area contributed by atoms with Gasteiger partial charge in [0.15, 0.2) is 6.04 Å². The van der Waals surface area contributed by atoms with E-state index in [4.69, 9.17) is 15.2 Å². The number of amides is 2. The highest BCUT2D eigenvalue weighted by Gasteiger charge is 2.46. The molecule has 4 rings (SSSR count). The van der Waals surface area contributed by atoms with Crippen molar-refractivity contribution in [1.29, 1.82) is 0 Å². The Labute approximate surface area is 188 Å². The summed E-state index contributed by atoms with van der Waals surface area (Å²) in [6, 6.07) is 3.88. The van der Waals surface area contributed by atoms with E-state index in [1.54, 1.807) is 39.0 Å². The molecule has 3 N–H and O–H groups in total. The number of fused-ring (bicyclic) bond motifs is 1. The van der Waals surface area contributed by atoms with Crippen molar-refractivity contribution in [3.8, 4) is 0 Å². The Bertz CT molecular complexity index is 905. The van der Waals surface area contributed by atoms with Crippen LogP contribution in [0.1, 0.15) is 63.6 Å². The van der Waals surface area contributed by atoms with Crippen LogP contribution in [-0.2, 0) is 25.6 Å². The molecule has 8 heteroatoms. The first kappa shape index (κ1) is 22.6. The molecule has 0 spiro atoms. The first-order valence-electron chi connectivity index (χ1n) is 11.4. The first-order chi connectivity index (χ1) is 15.1. The molecule has 1 aromatic carbocycles. The van der Waals surface area contributed by atoms with E-state index in [9.17, 15) is 14.4 Å². The van der Waals surface area contributed by atoms with Crippen LogP contribution >= 0.6 is 0 Å². The van der Waals surface area contributed by atoms with Crippen molar-refractivity contribution in [2.24, 2.45) is 23.5 Å². The number of nitrogens with two attached hydrogens (primary N) is 1. The highest BCUT2D eigenvalue weighted by molar-refractivity contribution is 5.95. The third kappa shape index (κ3) is 4.75. The third-order valence-electron chi connectivity index (χ3n) is 6.46. The van der Waals surface area contributed by atoms with Gasteiger partial charge in [-0.25, -0.2) is 9.59 Å². The monoisotopic (exact) mass is 443 g/mol. The van der Waals surface area contributed by atoms with Gasteiger partial charge in [-0.3, -0.25) is 9.69 Å². The number of carbonyl (C=O) groups is 3. The minimum absolute atomic E-state index is 0.180. The lowest BCUT2D eigenvalue weighted by molar-refractivity contribution is -0.146. The Balaban J connectivity index is 1.50. The van der Waals surface area contributed by atoms with Gasteiger partial charge in [0.05, 0.1) is 19.7 Å². The zero-order chi connectivity index (χ0) is 23.2. The minimum Gasteiger partial charge on any atom is -0.467 e. The molecule has 0 bridgehead atoms. The maximum Gasteiger partial charge on any atom is 0.411 e. The fourth-order valence-electron chi connectivity index (χ4n) is 4.72. The molecule has 2 aliphatic carbocycles. The molecule has 0 saturated heterocycles. The summed E-state index contributed by atoms with van der Waals surface area (Å²) in [5.74, 6) is 0.694. The van der Waals surface area contributed by atoms with Crippen molar-refractivity contribution in [3.63, 3.8) is 0 Å². The number of ether oxygens (including phenoxy) is 2. The Kier molecular flexibility index (Phi) is 5.92. The van der Waals surface area contributed by atoms with Crippen LogP contribution in [0.25, 0.3) is 0 Å². The van der Waals surface area contributed by atoms with E-state index >= 15 is 0 Å². The molecule has 2 atom stereocenters. The number of hydrogen-bond acceptors (Lipinski definition) is 6. The van der Waals surface area contributed by atoms with Crippen LogP contribution in [-0.4, -0.2) is 41.6 Å². The van der Waals surface area contributed by atoms with Crippen molar-refractivity contribution < 1.29 is 23.9 Å². The molecule has 2 fully saturated rings. The summed E-state index contributed by atoms with van der Waals surface area (Å²) in [6.07, 6.45) is 4.06. The van der Waals surface area contributed by atoms with Crippen molar-refractivity contribution >= 4 is 23.7 Å². The van der Waals surface area contributed by atoms with E-state index in [0.29, 0.717) is 23.1 Å². The number of carbonyl (C=O) groups excluding carboxylic acids is 3. The Morgan fingerprint density at radius 1 is 1.12 bits per heavy atom. The molecule has 0 radical (unpaired) electrons. The van der Waals surface area contributed by atoms with E-state index in [1.165, 1.54) is 12.0 Å². The lowest BCUT2D eigenvalue weighted by Crippen LogP contribution is -2.43. The third-order valence-corrected chi connectivity index (χ3v) is 6.46. The molecule has 32 heavy (non-hydrogen) atoms. The van der Waals surface area contributed by atoms with Crippen LogP contribution in [0.2, 0.25) is 0 Å². The average Bonchev–Trinajstić information content (AvgIpc) is 3.65. The van der Waals surface area contributed by atoms with Gasteiger partial charge in [0.25, 0.3) is 0 Å². The van der Waals surface area contributed by atoms with Gasteiger partial charge >= 0.3 is 12.1 Å². The first-order valence-corrected chi connectivity index (χ1v) is 11.4. The molecule has 1 unspecified atom stereocenters. The summed E-state index contributed by atoms with van der Waals surface area (Å²) in [7, 11) is 1.29. The maximum absolute atomic E-state index is 12.9. The van der Waals surface area contributed by atoms with Crippen LogP contribution in [0.4, 0.5) is 10.5 Å². The number of nitrogens with zero attached hydrogens (tertiary/aromatic N) is 1. The van der Waals surface area contributed by atoms with E-state index in [-0.39, 0.29) is 18.4 Å². The predicted molar refractivity (Wildman–Crippen MR) is 119 cm³/mol. The number of methoxy groups -OCH3 is 1. The number of nitrogens with one attached hydrogen (secondary N) is 1. The highest BCUT2D eigenvalue weighted by Crippen LogP contribution is 2.50. The molecule has 2 saturated carbocycles. The second-order valence-electron chi connectivity index (χ2n) is 10.2. The molecule has 174 valence electrons. The summed E-state index contributed by atoms with van der Waals surface area (Å²) in [5.41, 5.74) is 7.70. The van der Waals surface area contributed by atoms with E-state index in [2.05, 4.69) is 5.32 Å². The fraction of sp³-hybridized carbons (Fsp3) is 0.625. The SMILES string of the molecule is COC(=O)C1c2ccc(NC(=O)[C@@H](N)C(C3CC3)C3CC3)cc2CN1C(=O)OC(C)(C)C. The Morgan fingerprint density at radius 2 is 1.75 bits per heavy atom. The minimum atomic E-state index is -0.883. The van der Waals surface area contributed by atoms with Gasteiger partial charge in [-0.2, -0.15) is 0 Å². The molecule has 1 heterocycles. The van der Waals surface area contributed by atoms with E-state index < -0.39 is 29.7 Å². The molecular formula is C24H33N3O5. The molecular weight excluding hydrogens is 410 g/mol. The van der Waals surface area contributed by atoms with Crippen molar-refractivity contribution in [2.75, 3.05) is 12.4 Å². The van der Waals surface area contributed by atoms with Crippen LogP contribution in [0, 0.1) is 17.8 Å². The van der Waals surface area contributed by atoms with Crippen LogP contribution in [0.15, 0.2) is 18.2 Å². The van der Waals surface area contributed by atoms with Crippen molar-refractivity contribution in [3.05, 3.63) is 29.3 Å². The second kappa shape index (κ2) is 8.39. The van der Waals surface area contributed by atoms with Crippen LogP contribution in [0.5, 0.6) is 0 Å². The summed E-state index contributed by atoms with van der Waals surface area (Å²) in [5, 5.41) is 2.94. The maximum atomic E-state index is 12.9. The van der Waals surface area contributed by atoms with E-state index in [0.717, 1.165) is 31.2 Å².